The molecule has 0 amide bonds. The lowest BCUT2D eigenvalue weighted by molar-refractivity contribution is 0.809. The lowest BCUT2D eigenvalue weighted by atomic mass is 10.3. The van der Waals surface area contributed by atoms with E-state index >= 15 is 0 Å². The predicted molar refractivity (Wildman–Crippen MR) is 103 cm³/mol. The van der Waals surface area contributed by atoms with Gasteiger partial charge in [-0.15, -0.1) is 35.3 Å². The van der Waals surface area contributed by atoms with Gasteiger partial charge in [0.05, 0.1) is 17.2 Å². The molecule has 0 spiro atoms. The minimum absolute atomic E-state index is 0. The Bertz CT molecular complexity index is 627. The van der Waals surface area contributed by atoms with Gasteiger partial charge >= 0.3 is 0 Å². The van der Waals surface area contributed by atoms with E-state index in [0.29, 0.717) is 11.7 Å². The average molecular weight is 452 g/mol. The molecule has 0 bridgehead atoms. The molecule has 8 heteroatoms. The largest absolute Gasteiger partial charge is 0.352 e. The van der Waals surface area contributed by atoms with E-state index in [9.17, 15) is 0 Å². The highest BCUT2D eigenvalue weighted by atomic mass is 127. The normalized spacial score (nSPS) is 11.0. The number of rotatable bonds is 4. The van der Waals surface area contributed by atoms with Crippen LogP contribution in [0.2, 0.25) is 5.15 Å². The van der Waals surface area contributed by atoms with Crippen LogP contribution in [0.5, 0.6) is 0 Å². The SMILES string of the molecule is CN=C(NCc1ccc(Cl)nc1)NCc1sc(C)nc1C.I. The molecule has 5 nitrogen and oxygen atoms in total. The smallest absolute Gasteiger partial charge is 0.191 e. The molecule has 0 aromatic carbocycles. The van der Waals surface area contributed by atoms with Crippen molar-refractivity contribution in [1.82, 2.24) is 20.6 Å². The number of hydrogen-bond acceptors (Lipinski definition) is 4. The summed E-state index contributed by atoms with van der Waals surface area (Å²) in [6.45, 7) is 5.40. The average Bonchev–Trinajstić information content (AvgIpc) is 2.79. The van der Waals surface area contributed by atoms with E-state index in [1.54, 1.807) is 30.6 Å². The van der Waals surface area contributed by atoms with Crippen LogP contribution in [0.1, 0.15) is 21.1 Å². The van der Waals surface area contributed by atoms with Crippen LogP contribution in [-0.2, 0) is 13.1 Å². The highest BCUT2D eigenvalue weighted by Gasteiger charge is 2.05. The number of thiazole rings is 1. The first-order valence-electron chi connectivity index (χ1n) is 6.56. The van der Waals surface area contributed by atoms with Crippen molar-refractivity contribution in [2.75, 3.05) is 7.05 Å². The standard InChI is InChI=1S/C14H18ClN5S.HI/c1-9-12(21-10(2)20-9)8-19-14(16-3)18-7-11-4-5-13(15)17-6-11;/h4-6H,7-8H2,1-3H3,(H2,16,18,19);1H. The summed E-state index contributed by atoms with van der Waals surface area (Å²) >= 11 is 7.47. The van der Waals surface area contributed by atoms with Crippen molar-refractivity contribution in [3.05, 3.63) is 44.6 Å². The Kier molecular flexibility index (Phi) is 8.05. The summed E-state index contributed by atoms with van der Waals surface area (Å²) in [4.78, 5) is 13.9. The third-order valence-electron chi connectivity index (χ3n) is 2.89. The number of nitrogens with one attached hydrogen (secondary N) is 2. The van der Waals surface area contributed by atoms with E-state index in [1.807, 2.05) is 19.9 Å². The van der Waals surface area contributed by atoms with Crippen molar-refractivity contribution in [3.63, 3.8) is 0 Å². The van der Waals surface area contributed by atoms with Crippen molar-refractivity contribution >= 4 is 52.9 Å². The van der Waals surface area contributed by atoms with Gasteiger partial charge in [0, 0.05) is 24.7 Å². The predicted octanol–water partition coefficient (Wildman–Crippen LogP) is 3.29. The highest BCUT2D eigenvalue weighted by molar-refractivity contribution is 14.0. The number of halogens is 2. The first-order valence-corrected chi connectivity index (χ1v) is 7.76. The zero-order valence-electron chi connectivity index (χ0n) is 12.7. The quantitative estimate of drug-likeness (QED) is 0.324. The molecular formula is C14H19ClIN5S. The fourth-order valence-corrected chi connectivity index (χ4v) is 2.81. The maximum atomic E-state index is 5.76. The summed E-state index contributed by atoms with van der Waals surface area (Å²) in [5.74, 6) is 0.746. The molecule has 0 unspecified atom stereocenters. The summed E-state index contributed by atoms with van der Waals surface area (Å²) in [6, 6.07) is 3.71. The molecule has 0 saturated carbocycles. The molecule has 0 fully saturated rings. The van der Waals surface area contributed by atoms with Gasteiger partial charge in [0.25, 0.3) is 0 Å². The summed E-state index contributed by atoms with van der Waals surface area (Å²) in [6.07, 6.45) is 1.75. The molecule has 0 aliphatic heterocycles. The number of pyridine rings is 1. The van der Waals surface area contributed by atoms with Crippen LogP contribution >= 0.6 is 46.9 Å². The van der Waals surface area contributed by atoms with Crippen molar-refractivity contribution in [2.45, 2.75) is 26.9 Å². The third kappa shape index (κ3) is 5.69. The van der Waals surface area contributed by atoms with Gasteiger partial charge in [-0.1, -0.05) is 17.7 Å². The van der Waals surface area contributed by atoms with Gasteiger partial charge in [0.2, 0.25) is 0 Å². The number of aryl methyl sites for hydroxylation is 2. The monoisotopic (exact) mass is 451 g/mol. The topological polar surface area (TPSA) is 62.2 Å². The van der Waals surface area contributed by atoms with Gasteiger partial charge in [-0.3, -0.25) is 4.99 Å². The minimum atomic E-state index is 0. The first-order chi connectivity index (χ1) is 10.1. The zero-order chi connectivity index (χ0) is 15.2. The molecule has 0 radical (unpaired) electrons. The van der Waals surface area contributed by atoms with Crippen molar-refractivity contribution < 1.29 is 0 Å². The number of guanidine groups is 1. The van der Waals surface area contributed by atoms with Gasteiger partial charge in [0.1, 0.15) is 5.15 Å². The number of nitrogens with zero attached hydrogens (tertiary/aromatic N) is 3. The molecule has 0 saturated heterocycles. The molecular weight excluding hydrogens is 433 g/mol. The Labute approximate surface area is 156 Å². The van der Waals surface area contributed by atoms with E-state index in [-0.39, 0.29) is 24.0 Å². The van der Waals surface area contributed by atoms with Gasteiger partial charge in [-0.2, -0.15) is 0 Å². The van der Waals surface area contributed by atoms with Crippen LogP contribution in [0.4, 0.5) is 0 Å². The van der Waals surface area contributed by atoms with Gasteiger partial charge < -0.3 is 10.6 Å². The van der Waals surface area contributed by atoms with Crippen LogP contribution in [0.3, 0.4) is 0 Å². The van der Waals surface area contributed by atoms with Gasteiger partial charge in [-0.25, -0.2) is 9.97 Å². The summed E-state index contributed by atoms with van der Waals surface area (Å²) < 4.78 is 0. The molecule has 2 aromatic rings. The van der Waals surface area contributed by atoms with E-state index in [4.69, 9.17) is 11.6 Å². The van der Waals surface area contributed by atoms with Gasteiger partial charge in [-0.05, 0) is 25.5 Å². The van der Waals surface area contributed by atoms with E-state index in [0.717, 1.165) is 28.8 Å². The fraction of sp³-hybridized carbons (Fsp3) is 0.357. The molecule has 2 aromatic heterocycles. The first kappa shape index (κ1) is 19.1. The Morgan fingerprint density at radius 3 is 2.55 bits per heavy atom. The number of aliphatic imine (C=N–C) groups is 1. The molecule has 0 aliphatic rings. The van der Waals surface area contributed by atoms with Gasteiger partial charge in [0.15, 0.2) is 5.96 Å². The van der Waals surface area contributed by atoms with Crippen LogP contribution in [0, 0.1) is 13.8 Å². The second-order valence-corrected chi connectivity index (χ2v) is 6.18. The van der Waals surface area contributed by atoms with Crippen LogP contribution in [0.25, 0.3) is 0 Å². The Balaban J connectivity index is 0.00000242. The second kappa shape index (κ2) is 9.26. The second-order valence-electron chi connectivity index (χ2n) is 4.51. The van der Waals surface area contributed by atoms with Crippen molar-refractivity contribution in [3.8, 4) is 0 Å². The fourth-order valence-electron chi connectivity index (χ4n) is 1.82. The Morgan fingerprint density at radius 2 is 2.00 bits per heavy atom. The summed E-state index contributed by atoms with van der Waals surface area (Å²) in [7, 11) is 1.75. The molecule has 2 N–H and O–H groups in total. The summed E-state index contributed by atoms with van der Waals surface area (Å²) in [5.41, 5.74) is 2.12. The van der Waals surface area contributed by atoms with E-state index < -0.39 is 0 Å². The molecule has 0 aliphatic carbocycles. The minimum Gasteiger partial charge on any atom is -0.352 e. The third-order valence-corrected chi connectivity index (χ3v) is 4.18. The Morgan fingerprint density at radius 1 is 1.27 bits per heavy atom. The van der Waals surface area contributed by atoms with Crippen LogP contribution in [0.15, 0.2) is 23.3 Å². The van der Waals surface area contributed by atoms with E-state index in [2.05, 4.69) is 25.6 Å². The van der Waals surface area contributed by atoms with E-state index in [1.165, 1.54) is 4.88 Å². The van der Waals surface area contributed by atoms with Crippen molar-refractivity contribution in [1.29, 1.82) is 0 Å². The lowest BCUT2D eigenvalue weighted by Gasteiger charge is -2.11. The maximum Gasteiger partial charge on any atom is 0.191 e. The molecule has 22 heavy (non-hydrogen) atoms. The Hall–Kier alpha value is -0.930. The highest BCUT2D eigenvalue weighted by Crippen LogP contribution is 2.16. The van der Waals surface area contributed by atoms with Crippen LogP contribution < -0.4 is 10.6 Å². The number of hydrogen-bond donors (Lipinski definition) is 2. The number of aromatic nitrogens is 2. The summed E-state index contributed by atoms with van der Waals surface area (Å²) in [5, 5.41) is 8.11. The lowest BCUT2D eigenvalue weighted by Crippen LogP contribution is -2.36. The molecule has 2 rings (SSSR count). The molecule has 2 heterocycles. The maximum absolute atomic E-state index is 5.76. The van der Waals surface area contributed by atoms with Crippen LogP contribution in [-0.4, -0.2) is 23.0 Å². The van der Waals surface area contributed by atoms with Crippen molar-refractivity contribution in [2.24, 2.45) is 4.99 Å². The molecule has 0 atom stereocenters. The zero-order valence-corrected chi connectivity index (χ0v) is 16.6. The molecule has 120 valence electrons.